The fourth-order valence-electron chi connectivity index (χ4n) is 2.38. The fraction of sp³-hybridized carbons (Fsp3) is 1.00. The van der Waals surface area contributed by atoms with Crippen LogP contribution in [0.2, 0.25) is 0 Å². The minimum Gasteiger partial charge on any atom is -0.395 e. The molecule has 3 heteroatoms. The number of hydrogen-bond acceptors (Lipinski definition) is 3. The summed E-state index contributed by atoms with van der Waals surface area (Å²) in [6, 6.07) is 0.777. The molecule has 0 aliphatic heterocycles. The number of nitrogens with zero attached hydrogens (tertiary/aromatic N) is 1. The van der Waals surface area contributed by atoms with E-state index in [1.54, 1.807) is 0 Å². The second-order valence-electron chi connectivity index (χ2n) is 6.96. The maximum absolute atomic E-state index is 9.70. The summed E-state index contributed by atoms with van der Waals surface area (Å²) < 4.78 is 0. The Bertz CT molecular complexity index is 231. The van der Waals surface area contributed by atoms with E-state index in [2.05, 4.69) is 39.5 Å². The van der Waals surface area contributed by atoms with Gasteiger partial charge >= 0.3 is 0 Å². The summed E-state index contributed by atoms with van der Waals surface area (Å²) in [5, 5.41) is 9.70. The van der Waals surface area contributed by atoms with Crippen LogP contribution in [0.15, 0.2) is 0 Å². The van der Waals surface area contributed by atoms with Crippen LogP contribution in [-0.4, -0.2) is 41.3 Å². The van der Waals surface area contributed by atoms with Crippen LogP contribution in [0.25, 0.3) is 0 Å². The summed E-state index contributed by atoms with van der Waals surface area (Å²) in [5.74, 6) is 0.622. The summed E-state index contributed by atoms with van der Waals surface area (Å²) in [4.78, 5) is 2.45. The van der Waals surface area contributed by atoms with Crippen LogP contribution < -0.4 is 5.73 Å². The van der Waals surface area contributed by atoms with Crippen molar-refractivity contribution in [3.63, 3.8) is 0 Å². The molecule has 1 fully saturated rings. The van der Waals surface area contributed by atoms with Crippen molar-refractivity contribution in [3.05, 3.63) is 0 Å². The number of aliphatic hydroxyl groups is 1. The van der Waals surface area contributed by atoms with Crippen molar-refractivity contribution < 1.29 is 5.11 Å². The summed E-state index contributed by atoms with van der Waals surface area (Å²) in [7, 11) is 0. The SMILES string of the molecule is CC(C)CN(C1CC1)C(CO)C(N)C(C)(C)C. The normalized spacial score (nSPS) is 21.0. The summed E-state index contributed by atoms with van der Waals surface area (Å²) in [6.45, 7) is 12.1. The van der Waals surface area contributed by atoms with Crippen molar-refractivity contribution >= 4 is 0 Å². The molecule has 2 unspecified atom stereocenters. The second kappa shape index (κ2) is 5.68. The summed E-state index contributed by atoms with van der Waals surface area (Å²) in [6.07, 6.45) is 2.53. The van der Waals surface area contributed by atoms with E-state index < -0.39 is 0 Å². The van der Waals surface area contributed by atoms with Crippen molar-refractivity contribution in [2.75, 3.05) is 13.2 Å². The van der Waals surface area contributed by atoms with Gasteiger partial charge in [-0.2, -0.15) is 0 Å². The predicted octanol–water partition coefficient (Wildman–Crippen LogP) is 1.84. The molecule has 102 valence electrons. The zero-order valence-corrected chi connectivity index (χ0v) is 12.1. The lowest BCUT2D eigenvalue weighted by Crippen LogP contribution is -2.57. The van der Waals surface area contributed by atoms with Crippen LogP contribution in [-0.2, 0) is 0 Å². The van der Waals surface area contributed by atoms with Gasteiger partial charge in [0.25, 0.3) is 0 Å². The van der Waals surface area contributed by atoms with Gasteiger partial charge in [0.05, 0.1) is 6.61 Å². The van der Waals surface area contributed by atoms with Crippen molar-refractivity contribution in [2.24, 2.45) is 17.1 Å². The van der Waals surface area contributed by atoms with Crippen molar-refractivity contribution in [2.45, 2.75) is 65.6 Å². The van der Waals surface area contributed by atoms with Gasteiger partial charge in [-0.15, -0.1) is 0 Å². The molecule has 3 nitrogen and oxygen atoms in total. The van der Waals surface area contributed by atoms with Crippen LogP contribution in [0, 0.1) is 11.3 Å². The molecule has 2 atom stereocenters. The molecule has 0 radical (unpaired) electrons. The highest BCUT2D eigenvalue weighted by Crippen LogP contribution is 2.32. The van der Waals surface area contributed by atoms with Gasteiger partial charge in [-0.25, -0.2) is 0 Å². The van der Waals surface area contributed by atoms with Gasteiger partial charge in [-0.1, -0.05) is 34.6 Å². The summed E-state index contributed by atoms with van der Waals surface area (Å²) in [5.41, 5.74) is 6.39. The molecule has 0 aromatic carbocycles. The zero-order valence-electron chi connectivity index (χ0n) is 12.1. The molecule has 1 aliphatic rings. The minimum atomic E-state index is 0.0202. The Balaban J connectivity index is 2.74. The molecule has 0 amide bonds. The molecule has 17 heavy (non-hydrogen) atoms. The molecule has 1 saturated carbocycles. The van der Waals surface area contributed by atoms with E-state index >= 15 is 0 Å². The van der Waals surface area contributed by atoms with Crippen LogP contribution in [0.5, 0.6) is 0 Å². The monoisotopic (exact) mass is 242 g/mol. The van der Waals surface area contributed by atoms with Gasteiger partial charge in [0.2, 0.25) is 0 Å². The Hall–Kier alpha value is -0.120. The Morgan fingerprint density at radius 2 is 1.82 bits per heavy atom. The average molecular weight is 242 g/mol. The Morgan fingerprint density at radius 1 is 1.29 bits per heavy atom. The molecule has 0 saturated heterocycles. The first-order valence-electron chi connectivity index (χ1n) is 6.89. The lowest BCUT2D eigenvalue weighted by molar-refractivity contribution is 0.0568. The third kappa shape index (κ3) is 4.23. The van der Waals surface area contributed by atoms with Crippen molar-refractivity contribution in [1.29, 1.82) is 0 Å². The largest absolute Gasteiger partial charge is 0.395 e. The quantitative estimate of drug-likeness (QED) is 0.747. The third-order valence-electron chi connectivity index (χ3n) is 3.62. The first-order chi connectivity index (χ1) is 7.77. The van der Waals surface area contributed by atoms with Gasteiger partial charge in [0.15, 0.2) is 0 Å². The second-order valence-corrected chi connectivity index (χ2v) is 6.96. The first-order valence-corrected chi connectivity index (χ1v) is 6.89. The van der Waals surface area contributed by atoms with E-state index in [9.17, 15) is 5.11 Å². The number of aliphatic hydroxyl groups excluding tert-OH is 1. The van der Waals surface area contributed by atoms with E-state index in [1.165, 1.54) is 12.8 Å². The fourth-order valence-corrected chi connectivity index (χ4v) is 2.38. The third-order valence-corrected chi connectivity index (χ3v) is 3.62. The van der Waals surface area contributed by atoms with E-state index in [0.717, 1.165) is 6.54 Å². The molecular formula is C14H30N2O. The standard InChI is InChI=1S/C14H30N2O/c1-10(2)8-16(11-6-7-11)12(9-17)13(15)14(3,4)5/h10-13,17H,6-9,15H2,1-5H3. The highest BCUT2D eigenvalue weighted by molar-refractivity contribution is 4.96. The van der Waals surface area contributed by atoms with Gasteiger partial charge in [0, 0.05) is 24.7 Å². The number of rotatable bonds is 6. The zero-order chi connectivity index (χ0) is 13.2. The maximum atomic E-state index is 9.70. The molecule has 1 aliphatic carbocycles. The number of nitrogens with two attached hydrogens (primary N) is 1. The topological polar surface area (TPSA) is 49.5 Å². The number of hydrogen-bond donors (Lipinski definition) is 2. The molecule has 0 aromatic rings. The first kappa shape index (κ1) is 14.9. The van der Waals surface area contributed by atoms with Gasteiger partial charge in [-0.3, -0.25) is 4.90 Å². The maximum Gasteiger partial charge on any atom is 0.0602 e. The Labute approximate surface area is 106 Å². The molecule has 0 spiro atoms. The van der Waals surface area contributed by atoms with Crippen molar-refractivity contribution in [3.8, 4) is 0 Å². The van der Waals surface area contributed by atoms with Crippen molar-refractivity contribution in [1.82, 2.24) is 4.90 Å². The smallest absolute Gasteiger partial charge is 0.0602 e. The van der Waals surface area contributed by atoms with E-state index in [4.69, 9.17) is 5.73 Å². The van der Waals surface area contributed by atoms with Gasteiger partial charge < -0.3 is 10.8 Å². The molecule has 0 heterocycles. The Kier molecular flexibility index (Phi) is 4.99. The van der Waals surface area contributed by atoms with Crippen LogP contribution in [0.3, 0.4) is 0 Å². The molecule has 0 aromatic heterocycles. The van der Waals surface area contributed by atoms with Gasteiger partial charge in [-0.05, 0) is 24.2 Å². The predicted molar refractivity (Wildman–Crippen MR) is 72.9 cm³/mol. The highest BCUT2D eigenvalue weighted by atomic mass is 16.3. The minimum absolute atomic E-state index is 0.0202. The Morgan fingerprint density at radius 3 is 2.12 bits per heavy atom. The van der Waals surface area contributed by atoms with E-state index in [1.807, 2.05) is 0 Å². The van der Waals surface area contributed by atoms with Crippen LogP contribution >= 0.6 is 0 Å². The van der Waals surface area contributed by atoms with Crippen LogP contribution in [0.1, 0.15) is 47.5 Å². The lowest BCUT2D eigenvalue weighted by Gasteiger charge is -2.41. The van der Waals surface area contributed by atoms with Crippen LogP contribution in [0.4, 0.5) is 0 Å². The van der Waals surface area contributed by atoms with E-state index in [-0.39, 0.29) is 24.1 Å². The molecule has 1 rings (SSSR count). The molecule has 3 N–H and O–H groups in total. The average Bonchev–Trinajstić information content (AvgIpc) is 2.98. The highest BCUT2D eigenvalue weighted by Gasteiger charge is 2.39. The molecular weight excluding hydrogens is 212 g/mol. The summed E-state index contributed by atoms with van der Waals surface area (Å²) >= 11 is 0. The van der Waals surface area contributed by atoms with Gasteiger partial charge in [0.1, 0.15) is 0 Å². The molecule has 0 bridgehead atoms. The lowest BCUT2D eigenvalue weighted by atomic mass is 9.82. The van der Waals surface area contributed by atoms with E-state index in [0.29, 0.717) is 12.0 Å².